The summed E-state index contributed by atoms with van der Waals surface area (Å²) in [4.78, 5) is 11.9. The summed E-state index contributed by atoms with van der Waals surface area (Å²) in [6.45, 7) is 8.63. The zero-order valence-electron chi connectivity index (χ0n) is 20.4. The number of rotatable bonds is 13. The summed E-state index contributed by atoms with van der Waals surface area (Å²) in [7, 11) is 0. The first kappa shape index (κ1) is 25.9. The lowest BCUT2D eigenvalue weighted by atomic mass is 10.00. The topological polar surface area (TPSA) is 61.5 Å². The second-order valence-electron chi connectivity index (χ2n) is 9.57. The molecule has 176 valence electrons. The van der Waals surface area contributed by atoms with Gasteiger partial charge in [0, 0.05) is 6.04 Å². The van der Waals surface area contributed by atoms with E-state index in [1.807, 2.05) is 32.9 Å². The molecule has 1 unspecified atom stereocenters. The number of carbonyl (C=O) groups excluding carboxylic acids is 1. The van der Waals surface area contributed by atoms with Gasteiger partial charge in [-0.25, -0.2) is 0 Å². The van der Waals surface area contributed by atoms with Gasteiger partial charge in [-0.1, -0.05) is 69.0 Å². The van der Waals surface area contributed by atoms with Crippen molar-refractivity contribution in [2.24, 2.45) is 5.73 Å². The normalized spacial score (nSPS) is 12.4. The van der Waals surface area contributed by atoms with Crippen molar-refractivity contribution in [3.8, 4) is 16.9 Å². The van der Waals surface area contributed by atoms with Crippen LogP contribution in [0.2, 0.25) is 0 Å². The maximum Gasteiger partial charge on any atom is 0.307 e. The van der Waals surface area contributed by atoms with Crippen molar-refractivity contribution in [1.29, 1.82) is 0 Å². The molecule has 0 aliphatic rings. The van der Waals surface area contributed by atoms with Gasteiger partial charge in [0.05, 0.1) is 13.0 Å². The van der Waals surface area contributed by atoms with Gasteiger partial charge >= 0.3 is 5.97 Å². The van der Waals surface area contributed by atoms with Crippen LogP contribution in [0, 0.1) is 0 Å². The van der Waals surface area contributed by atoms with Gasteiger partial charge in [0.25, 0.3) is 0 Å². The Kier molecular flexibility index (Phi) is 10.8. The molecule has 2 aromatic carbocycles. The monoisotopic (exact) mass is 439 g/mol. The van der Waals surface area contributed by atoms with E-state index in [0.717, 1.165) is 31.6 Å². The van der Waals surface area contributed by atoms with Crippen LogP contribution >= 0.6 is 0 Å². The van der Waals surface area contributed by atoms with E-state index in [9.17, 15) is 4.79 Å². The highest BCUT2D eigenvalue weighted by Crippen LogP contribution is 2.23. The van der Waals surface area contributed by atoms with Crippen LogP contribution < -0.4 is 10.5 Å². The van der Waals surface area contributed by atoms with E-state index in [2.05, 4.69) is 43.3 Å². The second kappa shape index (κ2) is 13.3. The molecule has 0 aliphatic carbocycles. The molecule has 2 rings (SSSR count). The van der Waals surface area contributed by atoms with Crippen LogP contribution in [0.5, 0.6) is 5.75 Å². The van der Waals surface area contributed by atoms with Crippen LogP contribution in [0.15, 0.2) is 48.5 Å². The fraction of sp³-hybridized carbons (Fsp3) is 0.536. The molecule has 1 atom stereocenters. The number of ether oxygens (including phenoxy) is 2. The van der Waals surface area contributed by atoms with Crippen LogP contribution in [0.4, 0.5) is 0 Å². The first-order valence-corrected chi connectivity index (χ1v) is 12.1. The summed E-state index contributed by atoms with van der Waals surface area (Å²) in [5, 5.41) is 0. The molecule has 32 heavy (non-hydrogen) atoms. The first-order chi connectivity index (χ1) is 15.3. The fourth-order valence-electron chi connectivity index (χ4n) is 3.55. The fourth-order valence-corrected chi connectivity index (χ4v) is 3.55. The number of carbonyl (C=O) groups is 1. The Bertz CT molecular complexity index is 791. The smallest absolute Gasteiger partial charge is 0.307 e. The van der Waals surface area contributed by atoms with E-state index in [-0.39, 0.29) is 18.4 Å². The molecule has 2 N–H and O–H groups in total. The van der Waals surface area contributed by atoms with Gasteiger partial charge < -0.3 is 15.2 Å². The minimum absolute atomic E-state index is 0.191. The first-order valence-electron chi connectivity index (χ1n) is 12.1. The Hall–Kier alpha value is -2.33. The zero-order valence-corrected chi connectivity index (χ0v) is 20.4. The van der Waals surface area contributed by atoms with Crippen molar-refractivity contribution in [3.05, 3.63) is 54.1 Å². The van der Waals surface area contributed by atoms with Crippen LogP contribution in [-0.2, 0) is 16.0 Å². The predicted molar refractivity (Wildman–Crippen MR) is 133 cm³/mol. The lowest BCUT2D eigenvalue weighted by Gasteiger charge is -2.21. The third kappa shape index (κ3) is 10.3. The molecule has 2 aromatic rings. The van der Waals surface area contributed by atoms with E-state index in [1.165, 1.54) is 42.4 Å². The quantitative estimate of drug-likeness (QED) is 0.279. The van der Waals surface area contributed by atoms with E-state index in [0.29, 0.717) is 0 Å². The molecular weight excluding hydrogens is 398 g/mol. The SMILES string of the molecule is CCCCCCCOc1ccc(-c2ccc(CCC(N)CC(=O)OC(C)(C)C)cc2)cc1. The lowest BCUT2D eigenvalue weighted by molar-refractivity contribution is -0.155. The van der Waals surface area contributed by atoms with Crippen molar-refractivity contribution in [2.75, 3.05) is 6.61 Å². The van der Waals surface area contributed by atoms with Crippen LogP contribution in [0.25, 0.3) is 11.1 Å². The molecule has 0 radical (unpaired) electrons. The number of unbranched alkanes of at least 4 members (excludes halogenated alkanes) is 4. The summed E-state index contributed by atoms with van der Waals surface area (Å²) in [5.41, 5.74) is 9.23. The van der Waals surface area contributed by atoms with Crippen molar-refractivity contribution in [3.63, 3.8) is 0 Å². The van der Waals surface area contributed by atoms with Gasteiger partial charge in [-0.05, 0) is 68.9 Å². The molecule has 0 aromatic heterocycles. The highest BCUT2D eigenvalue weighted by atomic mass is 16.6. The van der Waals surface area contributed by atoms with Crippen molar-refractivity contribution in [1.82, 2.24) is 0 Å². The van der Waals surface area contributed by atoms with Gasteiger partial charge in [-0.2, -0.15) is 0 Å². The van der Waals surface area contributed by atoms with Crippen molar-refractivity contribution in [2.45, 2.75) is 90.7 Å². The van der Waals surface area contributed by atoms with Crippen LogP contribution in [0.1, 0.15) is 78.2 Å². The van der Waals surface area contributed by atoms with Gasteiger partial charge in [0.2, 0.25) is 0 Å². The summed E-state index contributed by atoms with van der Waals surface area (Å²) >= 11 is 0. The van der Waals surface area contributed by atoms with Crippen LogP contribution in [-0.4, -0.2) is 24.2 Å². The number of hydrogen-bond donors (Lipinski definition) is 1. The highest BCUT2D eigenvalue weighted by Gasteiger charge is 2.18. The largest absolute Gasteiger partial charge is 0.494 e. The molecule has 0 spiro atoms. The van der Waals surface area contributed by atoms with E-state index >= 15 is 0 Å². The van der Waals surface area contributed by atoms with E-state index in [1.54, 1.807) is 0 Å². The van der Waals surface area contributed by atoms with Gasteiger partial charge in [0.15, 0.2) is 0 Å². The summed E-state index contributed by atoms with van der Waals surface area (Å²) in [5.74, 6) is 0.698. The maximum atomic E-state index is 11.9. The van der Waals surface area contributed by atoms with Gasteiger partial charge in [0.1, 0.15) is 11.4 Å². The zero-order chi connectivity index (χ0) is 23.4. The lowest BCUT2D eigenvalue weighted by Crippen LogP contribution is -2.30. The Labute approximate surface area is 194 Å². The number of aryl methyl sites for hydroxylation is 1. The highest BCUT2D eigenvalue weighted by molar-refractivity contribution is 5.70. The third-order valence-corrected chi connectivity index (χ3v) is 5.31. The van der Waals surface area contributed by atoms with Crippen LogP contribution in [0.3, 0.4) is 0 Å². The molecule has 0 amide bonds. The summed E-state index contributed by atoms with van der Waals surface area (Å²) in [6, 6.07) is 16.7. The number of nitrogens with two attached hydrogens (primary N) is 1. The average Bonchev–Trinajstić information content (AvgIpc) is 2.74. The molecular formula is C28H41NO3. The molecule has 0 saturated heterocycles. The Balaban J connectivity index is 1.76. The Morgan fingerprint density at radius 1 is 0.906 bits per heavy atom. The van der Waals surface area contributed by atoms with Gasteiger partial charge in [-0.3, -0.25) is 4.79 Å². The number of hydrogen-bond acceptors (Lipinski definition) is 4. The number of esters is 1. The Morgan fingerprint density at radius 2 is 1.50 bits per heavy atom. The van der Waals surface area contributed by atoms with Crippen molar-refractivity contribution >= 4 is 5.97 Å². The summed E-state index contributed by atoms with van der Waals surface area (Å²) < 4.78 is 11.2. The predicted octanol–water partition coefficient (Wildman–Crippen LogP) is 6.69. The second-order valence-corrected chi connectivity index (χ2v) is 9.57. The molecule has 0 bridgehead atoms. The molecule has 0 aliphatic heterocycles. The van der Waals surface area contributed by atoms with E-state index in [4.69, 9.17) is 15.2 Å². The number of benzene rings is 2. The van der Waals surface area contributed by atoms with Crippen molar-refractivity contribution < 1.29 is 14.3 Å². The molecule has 4 nitrogen and oxygen atoms in total. The minimum atomic E-state index is -0.467. The standard InChI is InChI=1S/C28H41NO3/c1-5-6-7-8-9-20-31-26-18-15-24(16-19-26)23-13-10-22(11-14-23)12-17-25(29)21-27(30)32-28(2,3)4/h10-11,13-16,18-19,25H,5-9,12,17,20-21,29H2,1-4H3. The third-order valence-electron chi connectivity index (χ3n) is 5.31. The van der Waals surface area contributed by atoms with Gasteiger partial charge in [-0.15, -0.1) is 0 Å². The minimum Gasteiger partial charge on any atom is -0.494 e. The molecule has 0 fully saturated rings. The molecule has 0 saturated carbocycles. The molecule has 4 heteroatoms. The molecule has 0 heterocycles. The van der Waals surface area contributed by atoms with E-state index < -0.39 is 5.60 Å². The average molecular weight is 440 g/mol. The Morgan fingerprint density at radius 3 is 2.09 bits per heavy atom. The maximum absolute atomic E-state index is 11.9. The summed E-state index contributed by atoms with van der Waals surface area (Å²) in [6.07, 6.45) is 8.08.